The van der Waals surface area contributed by atoms with Crippen molar-refractivity contribution in [1.29, 1.82) is 0 Å². The molecule has 1 atom stereocenters. The summed E-state index contributed by atoms with van der Waals surface area (Å²) >= 11 is 0. The van der Waals surface area contributed by atoms with Crippen LogP contribution in [0.1, 0.15) is 46.0 Å². The van der Waals surface area contributed by atoms with Crippen molar-refractivity contribution in [2.45, 2.75) is 52.1 Å². The van der Waals surface area contributed by atoms with E-state index in [0.717, 1.165) is 12.8 Å². The summed E-state index contributed by atoms with van der Waals surface area (Å²) in [4.78, 5) is 23.0. The van der Waals surface area contributed by atoms with Gasteiger partial charge in [0.15, 0.2) is 0 Å². The molecule has 0 radical (unpaired) electrons. The van der Waals surface area contributed by atoms with Crippen LogP contribution in [0.5, 0.6) is 0 Å². The van der Waals surface area contributed by atoms with Gasteiger partial charge in [-0.3, -0.25) is 9.59 Å². The standard InChI is InChI=1S/C13H23NO4/c1-3-13(4-2,12(17)18)7-11(16)14-8-10(15)9-5-6-9/h9-10,15H,3-8H2,1-2H3,(H,14,16)(H,17,18). The number of amides is 1. The molecule has 0 aromatic heterocycles. The Balaban J connectivity index is 2.43. The Kier molecular flexibility index (Phi) is 5.14. The van der Waals surface area contributed by atoms with Crippen LogP contribution < -0.4 is 5.32 Å². The van der Waals surface area contributed by atoms with Crippen LogP contribution in [-0.2, 0) is 9.59 Å². The fourth-order valence-electron chi connectivity index (χ4n) is 2.11. The van der Waals surface area contributed by atoms with E-state index in [1.54, 1.807) is 13.8 Å². The average molecular weight is 257 g/mol. The number of carboxylic acids is 1. The number of carbonyl (C=O) groups excluding carboxylic acids is 1. The molecule has 1 aliphatic carbocycles. The molecule has 1 saturated carbocycles. The Bertz CT molecular complexity index is 308. The quantitative estimate of drug-likeness (QED) is 0.609. The number of aliphatic hydroxyl groups excluding tert-OH is 1. The topological polar surface area (TPSA) is 86.6 Å². The minimum absolute atomic E-state index is 0.0211. The van der Waals surface area contributed by atoms with Crippen molar-refractivity contribution in [1.82, 2.24) is 5.32 Å². The minimum atomic E-state index is -0.978. The molecule has 5 nitrogen and oxygen atoms in total. The van der Waals surface area contributed by atoms with Crippen LogP contribution in [0.25, 0.3) is 0 Å². The Morgan fingerprint density at radius 1 is 1.33 bits per heavy atom. The van der Waals surface area contributed by atoms with Gasteiger partial charge in [-0.1, -0.05) is 13.8 Å². The number of rotatable bonds is 8. The largest absolute Gasteiger partial charge is 0.481 e. The van der Waals surface area contributed by atoms with Crippen molar-refractivity contribution in [2.24, 2.45) is 11.3 Å². The Morgan fingerprint density at radius 3 is 2.28 bits per heavy atom. The van der Waals surface area contributed by atoms with Crippen LogP contribution in [-0.4, -0.2) is 34.7 Å². The maximum absolute atomic E-state index is 11.7. The second-order valence-corrected chi connectivity index (χ2v) is 5.18. The summed E-state index contributed by atoms with van der Waals surface area (Å²) < 4.78 is 0. The predicted octanol–water partition coefficient (Wildman–Crippen LogP) is 1.15. The zero-order valence-corrected chi connectivity index (χ0v) is 11.1. The average Bonchev–Trinajstić information content (AvgIpc) is 3.16. The van der Waals surface area contributed by atoms with Gasteiger partial charge in [-0.05, 0) is 31.6 Å². The fraction of sp³-hybridized carbons (Fsp3) is 0.846. The van der Waals surface area contributed by atoms with E-state index < -0.39 is 17.5 Å². The highest BCUT2D eigenvalue weighted by Crippen LogP contribution is 2.33. The van der Waals surface area contributed by atoms with Gasteiger partial charge >= 0.3 is 5.97 Å². The zero-order chi connectivity index (χ0) is 13.8. The molecule has 0 aromatic rings. The summed E-state index contributed by atoms with van der Waals surface area (Å²) in [6.45, 7) is 3.79. The van der Waals surface area contributed by atoms with Crippen LogP contribution >= 0.6 is 0 Å². The van der Waals surface area contributed by atoms with Crippen LogP contribution in [0.2, 0.25) is 0 Å². The van der Waals surface area contributed by atoms with Gasteiger partial charge < -0.3 is 15.5 Å². The van der Waals surface area contributed by atoms with Crippen molar-refractivity contribution in [3.8, 4) is 0 Å². The molecule has 0 spiro atoms. The molecule has 0 saturated heterocycles. The molecule has 3 N–H and O–H groups in total. The second kappa shape index (κ2) is 6.18. The first-order chi connectivity index (χ1) is 8.45. The SMILES string of the molecule is CCC(CC)(CC(=O)NCC(O)C1CC1)C(=O)O. The van der Waals surface area contributed by atoms with Crippen molar-refractivity contribution in [3.63, 3.8) is 0 Å². The number of aliphatic carboxylic acids is 1. The van der Waals surface area contributed by atoms with Crippen LogP contribution in [0.15, 0.2) is 0 Å². The third kappa shape index (κ3) is 3.70. The van der Waals surface area contributed by atoms with Gasteiger partial charge in [0, 0.05) is 13.0 Å². The maximum atomic E-state index is 11.7. The van der Waals surface area contributed by atoms with Gasteiger partial charge in [0.05, 0.1) is 11.5 Å². The monoisotopic (exact) mass is 257 g/mol. The summed E-state index contributed by atoms with van der Waals surface area (Å²) in [5.74, 6) is -0.905. The highest BCUT2D eigenvalue weighted by Gasteiger charge is 2.37. The van der Waals surface area contributed by atoms with E-state index in [-0.39, 0.29) is 18.9 Å². The van der Waals surface area contributed by atoms with Crippen molar-refractivity contribution >= 4 is 11.9 Å². The molecule has 0 aliphatic heterocycles. The van der Waals surface area contributed by atoms with E-state index >= 15 is 0 Å². The van der Waals surface area contributed by atoms with Crippen molar-refractivity contribution < 1.29 is 19.8 Å². The number of carbonyl (C=O) groups is 2. The molecule has 1 unspecified atom stereocenters. The van der Waals surface area contributed by atoms with Gasteiger partial charge in [0.2, 0.25) is 5.91 Å². The van der Waals surface area contributed by atoms with Gasteiger partial charge in [-0.2, -0.15) is 0 Å². The number of hydrogen-bond donors (Lipinski definition) is 3. The molecule has 18 heavy (non-hydrogen) atoms. The zero-order valence-electron chi connectivity index (χ0n) is 11.1. The number of carboxylic acid groups (broad SMARTS) is 1. The van der Waals surface area contributed by atoms with Crippen LogP contribution in [0, 0.1) is 11.3 Å². The van der Waals surface area contributed by atoms with Gasteiger partial charge in [0.25, 0.3) is 0 Å². The minimum Gasteiger partial charge on any atom is -0.481 e. The Morgan fingerprint density at radius 2 is 1.89 bits per heavy atom. The van der Waals surface area contributed by atoms with Crippen molar-refractivity contribution in [2.75, 3.05) is 6.54 Å². The van der Waals surface area contributed by atoms with E-state index in [4.69, 9.17) is 0 Å². The number of aliphatic hydroxyl groups is 1. The lowest BCUT2D eigenvalue weighted by atomic mass is 9.79. The first-order valence-corrected chi connectivity index (χ1v) is 6.63. The first kappa shape index (κ1) is 15.0. The van der Waals surface area contributed by atoms with E-state index in [2.05, 4.69) is 5.32 Å². The molecule has 1 rings (SSSR count). The summed E-state index contributed by atoms with van der Waals surface area (Å²) in [6, 6.07) is 0. The lowest BCUT2D eigenvalue weighted by molar-refractivity contribution is -0.152. The molecule has 1 amide bonds. The van der Waals surface area contributed by atoms with Gasteiger partial charge in [-0.25, -0.2) is 0 Å². The van der Waals surface area contributed by atoms with E-state index in [9.17, 15) is 19.8 Å². The summed E-state index contributed by atoms with van der Waals surface area (Å²) in [5.41, 5.74) is -0.978. The molecule has 1 aliphatic rings. The van der Waals surface area contributed by atoms with E-state index in [1.807, 2.05) is 0 Å². The first-order valence-electron chi connectivity index (χ1n) is 6.63. The molecule has 104 valence electrons. The fourth-order valence-corrected chi connectivity index (χ4v) is 2.11. The van der Waals surface area contributed by atoms with E-state index in [1.165, 1.54) is 0 Å². The lowest BCUT2D eigenvalue weighted by Gasteiger charge is -2.26. The molecule has 0 bridgehead atoms. The van der Waals surface area contributed by atoms with Gasteiger partial charge in [-0.15, -0.1) is 0 Å². The number of hydrogen-bond acceptors (Lipinski definition) is 3. The van der Waals surface area contributed by atoms with Crippen LogP contribution in [0.4, 0.5) is 0 Å². The van der Waals surface area contributed by atoms with Crippen LogP contribution in [0.3, 0.4) is 0 Å². The molecule has 5 heteroatoms. The number of nitrogens with one attached hydrogen (secondary N) is 1. The second-order valence-electron chi connectivity index (χ2n) is 5.18. The lowest BCUT2D eigenvalue weighted by Crippen LogP contribution is -2.39. The Labute approximate surface area is 108 Å². The van der Waals surface area contributed by atoms with Gasteiger partial charge in [0.1, 0.15) is 0 Å². The summed E-state index contributed by atoms with van der Waals surface area (Å²) in [7, 11) is 0. The summed E-state index contributed by atoms with van der Waals surface area (Å²) in [6.07, 6.45) is 2.37. The maximum Gasteiger partial charge on any atom is 0.310 e. The third-order valence-corrected chi connectivity index (χ3v) is 3.98. The molecule has 1 fully saturated rings. The molecular formula is C13H23NO4. The normalized spacial score (nSPS) is 17.3. The summed E-state index contributed by atoms with van der Waals surface area (Å²) in [5, 5.41) is 21.5. The highest BCUT2D eigenvalue weighted by atomic mass is 16.4. The van der Waals surface area contributed by atoms with E-state index in [0.29, 0.717) is 18.8 Å². The molecule has 0 aromatic carbocycles. The molecule has 0 heterocycles. The Hall–Kier alpha value is -1.10. The molecular weight excluding hydrogens is 234 g/mol. The third-order valence-electron chi connectivity index (χ3n) is 3.98. The van der Waals surface area contributed by atoms with Crippen molar-refractivity contribution in [3.05, 3.63) is 0 Å². The highest BCUT2D eigenvalue weighted by molar-refractivity contribution is 5.84. The predicted molar refractivity (Wildman–Crippen MR) is 67.0 cm³/mol. The smallest absolute Gasteiger partial charge is 0.310 e.